The van der Waals surface area contributed by atoms with Gasteiger partial charge < -0.3 is 5.73 Å². The summed E-state index contributed by atoms with van der Waals surface area (Å²) in [5.74, 6) is -0.405. The average molecular weight is 296 g/mol. The Morgan fingerprint density at radius 2 is 2.10 bits per heavy atom. The maximum atomic E-state index is 14.7. The van der Waals surface area contributed by atoms with Crippen LogP contribution in [0, 0.1) is 5.92 Å². The Labute approximate surface area is 125 Å². The first-order valence-corrected chi connectivity index (χ1v) is 7.47. The van der Waals surface area contributed by atoms with Gasteiger partial charge in [-0.15, -0.1) is 0 Å². The van der Waals surface area contributed by atoms with Crippen LogP contribution in [0.15, 0.2) is 16.3 Å². The summed E-state index contributed by atoms with van der Waals surface area (Å²) < 4.78 is 14.7. The maximum Gasteiger partial charge on any atom is 0.175 e. The molecule has 0 spiro atoms. The normalized spacial score (nSPS) is 28.3. The SMILES string of the molecule is CCC(C)C(=O)CN=C1/C(=C(\N)C(C)=O)CCCC1(C)F. The number of hydrogen-bond donors (Lipinski definition) is 1. The fraction of sp³-hybridized carbons (Fsp3) is 0.688. The van der Waals surface area contributed by atoms with E-state index in [9.17, 15) is 14.0 Å². The molecule has 0 amide bonds. The Morgan fingerprint density at radius 3 is 2.62 bits per heavy atom. The highest BCUT2D eigenvalue weighted by molar-refractivity contribution is 6.12. The first kappa shape index (κ1) is 17.5. The van der Waals surface area contributed by atoms with Crippen LogP contribution in [-0.4, -0.2) is 29.5 Å². The Morgan fingerprint density at radius 1 is 1.48 bits per heavy atom. The summed E-state index contributed by atoms with van der Waals surface area (Å²) in [5, 5.41) is 0. The molecule has 21 heavy (non-hydrogen) atoms. The van der Waals surface area contributed by atoms with Gasteiger partial charge in [0.25, 0.3) is 0 Å². The topological polar surface area (TPSA) is 72.5 Å². The number of nitrogens with two attached hydrogens (primary N) is 1. The summed E-state index contributed by atoms with van der Waals surface area (Å²) in [6, 6.07) is 0. The number of Topliss-reactive ketones (excluding diaryl/α,β-unsaturated/α-hetero) is 2. The summed E-state index contributed by atoms with van der Waals surface area (Å²) in [4.78, 5) is 27.6. The Kier molecular flexibility index (Phi) is 5.81. The Balaban J connectivity index is 3.13. The minimum absolute atomic E-state index is 0.0212. The summed E-state index contributed by atoms with van der Waals surface area (Å²) in [6.07, 6.45) is 2.21. The van der Waals surface area contributed by atoms with Gasteiger partial charge in [0.1, 0.15) is 5.67 Å². The molecule has 2 unspecified atom stereocenters. The van der Waals surface area contributed by atoms with E-state index in [1.165, 1.54) is 13.8 Å². The number of hydrogen-bond acceptors (Lipinski definition) is 4. The van der Waals surface area contributed by atoms with Gasteiger partial charge in [0.05, 0.1) is 18.0 Å². The molecule has 4 nitrogen and oxygen atoms in total. The number of nitrogens with zero attached hydrogens (tertiary/aromatic N) is 1. The molecule has 0 aromatic rings. The average Bonchev–Trinajstić information content (AvgIpc) is 2.42. The monoisotopic (exact) mass is 296 g/mol. The van der Waals surface area contributed by atoms with Gasteiger partial charge in [0, 0.05) is 18.4 Å². The van der Waals surface area contributed by atoms with Gasteiger partial charge in [0.15, 0.2) is 11.6 Å². The standard InChI is InChI=1S/C16H25FN2O2/c1-5-10(2)13(21)9-19-15-12(14(18)11(3)20)7-6-8-16(15,4)17/h10H,5-9,18H2,1-4H3/b14-12-,19-15?. The van der Waals surface area contributed by atoms with Crippen LogP contribution in [0.1, 0.15) is 53.4 Å². The zero-order valence-corrected chi connectivity index (χ0v) is 13.3. The number of carbonyl (C=O) groups is 2. The zero-order valence-electron chi connectivity index (χ0n) is 13.3. The lowest BCUT2D eigenvalue weighted by atomic mass is 9.80. The predicted octanol–water partition coefficient (Wildman–Crippen LogP) is 2.76. The van der Waals surface area contributed by atoms with Gasteiger partial charge in [-0.25, -0.2) is 4.39 Å². The van der Waals surface area contributed by atoms with Crippen molar-refractivity contribution in [2.45, 2.75) is 59.0 Å². The highest BCUT2D eigenvalue weighted by atomic mass is 19.1. The number of allylic oxidation sites excluding steroid dienone is 2. The Bertz CT molecular complexity index is 493. The van der Waals surface area contributed by atoms with Gasteiger partial charge in [-0.1, -0.05) is 13.8 Å². The van der Waals surface area contributed by atoms with Crippen LogP contribution in [0.4, 0.5) is 4.39 Å². The molecule has 1 saturated carbocycles. The van der Waals surface area contributed by atoms with Crippen molar-refractivity contribution in [2.24, 2.45) is 16.6 Å². The third-order valence-corrected chi connectivity index (χ3v) is 4.11. The smallest absolute Gasteiger partial charge is 0.175 e. The molecule has 0 aromatic heterocycles. The van der Waals surface area contributed by atoms with Crippen LogP contribution in [0.3, 0.4) is 0 Å². The van der Waals surface area contributed by atoms with Crippen molar-refractivity contribution in [1.82, 2.24) is 0 Å². The summed E-state index contributed by atoms with van der Waals surface area (Å²) in [5.41, 5.74) is 4.87. The maximum absolute atomic E-state index is 14.7. The highest BCUT2D eigenvalue weighted by Gasteiger charge is 2.37. The molecule has 118 valence electrons. The molecule has 1 aliphatic carbocycles. The molecular formula is C16H25FN2O2. The van der Waals surface area contributed by atoms with Crippen LogP contribution < -0.4 is 5.73 Å². The van der Waals surface area contributed by atoms with Gasteiger partial charge in [0.2, 0.25) is 0 Å². The summed E-state index contributed by atoms with van der Waals surface area (Å²) in [6.45, 7) is 6.49. The van der Waals surface area contributed by atoms with E-state index in [1.807, 2.05) is 13.8 Å². The Hall–Kier alpha value is -1.52. The van der Waals surface area contributed by atoms with Crippen molar-refractivity contribution < 1.29 is 14.0 Å². The van der Waals surface area contributed by atoms with Gasteiger partial charge >= 0.3 is 0 Å². The highest BCUT2D eigenvalue weighted by Crippen LogP contribution is 2.33. The number of ketones is 2. The molecular weight excluding hydrogens is 271 g/mol. The molecule has 0 aliphatic heterocycles. The number of alkyl halides is 1. The van der Waals surface area contributed by atoms with Crippen molar-refractivity contribution in [3.05, 3.63) is 11.3 Å². The van der Waals surface area contributed by atoms with Crippen LogP contribution in [0.5, 0.6) is 0 Å². The molecule has 0 bridgehead atoms. The summed E-state index contributed by atoms with van der Waals surface area (Å²) in [7, 11) is 0. The molecule has 0 aromatic carbocycles. The lowest BCUT2D eigenvalue weighted by Gasteiger charge is -2.30. The van der Waals surface area contributed by atoms with Crippen molar-refractivity contribution >= 4 is 17.3 Å². The number of carbonyl (C=O) groups excluding carboxylic acids is 2. The van der Waals surface area contributed by atoms with E-state index < -0.39 is 5.67 Å². The fourth-order valence-electron chi connectivity index (χ4n) is 2.42. The van der Waals surface area contributed by atoms with Gasteiger partial charge in [-0.2, -0.15) is 0 Å². The lowest BCUT2D eigenvalue weighted by Crippen LogP contribution is -2.38. The van der Waals surface area contributed by atoms with Gasteiger partial charge in [-0.05, 0) is 32.6 Å². The number of rotatable bonds is 5. The van der Waals surface area contributed by atoms with Crippen molar-refractivity contribution in [1.29, 1.82) is 0 Å². The molecule has 1 rings (SSSR count). The molecule has 2 N–H and O–H groups in total. The number of halogens is 1. The van der Waals surface area contributed by atoms with E-state index in [1.54, 1.807) is 0 Å². The molecule has 2 atom stereocenters. The largest absolute Gasteiger partial charge is 0.396 e. The quantitative estimate of drug-likeness (QED) is 0.793. The van der Waals surface area contributed by atoms with Crippen LogP contribution in [0.25, 0.3) is 0 Å². The second-order valence-electron chi connectivity index (χ2n) is 5.94. The molecule has 1 fully saturated rings. The second kappa shape index (κ2) is 6.96. The molecule has 0 heterocycles. The molecule has 1 aliphatic rings. The van der Waals surface area contributed by atoms with E-state index >= 15 is 0 Å². The predicted molar refractivity (Wildman–Crippen MR) is 82.0 cm³/mol. The zero-order chi connectivity index (χ0) is 16.2. The van der Waals surface area contributed by atoms with E-state index in [-0.39, 0.29) is 35.4 Å². The van der Waals surface area contributed by atoms with Crippen molar-refractivity contribution in [3.8, 4) is 0 Å². The van der Waals surface area contributed by atoms with Crippen LogP contribution in [0.2, 0.25) is 0 Å². The van der Waals surface area contributed by atoms with E-state index in [0.29, 0.717) is 24.8 Å². The second-order valence-corrected chi connectivity index (χ2v) is 5.94. The first-order valence-electron chi connectivity index (χ1n) is 7.47. The van der Waals surface area contributed by atoms with E-state index in [4.69, 9.17) is 5.73 Å². The third-order valence-electron chi connectivity index (χ3n) is 4.11. The lowest BCUT2D eigenvalue weighted by molar-refractivity contribution is -0.121. The van der Waals surface area contributed by atoms with E-state index in [0.717, 1.165) is 6.42 Å². The summed E-state index contributed by atoms with van der Waals surface area (Å²) >= 11 is 0. The van der Waals surface area contributed by atoms with Crippen molar-refractivity contribution in [3.63, 3.8) is 0 Å². The fourth-order valence-corrected chi connectivity index (χ4v) is 2.42. The van der Waals surface area contributed by atoms with Crippen LogP contribution in [-0.2, 0) is 9.59 Å². The third kappa shape index (κ3) is 4.22. The molecule has 5 heteroatoms. The van der Waals surface area contributed by atoms with Crippen LogP contribution >= 0.6 is 0 Å². The van der Waals surface area contributed by atoms with E-state index in [2.05, 4.69) is 4.99 Å². The van der Waals surface area contributed by atoms with Gasteiger partial charge in [-0.3, -0.25) is 14.6 Å². The minimum Gasteiger partial charge on any atom is -0.396 e. The minimum atomic E-state index is -1.64. The molecule has 0 radical (unpaired) electrons. The first-order chi connectivity index (χ1) is 9.70. The molecule has 0 saturated heterocycles. The van der Waals surface area contributed by atoms with Crippen molar-refractivity contribution in [2.75, 3.05) is 6.54 Å². The number of aliphatic imine (C=N–C) groups is 1.